The summed E-state index contributed by atoms with van der Waals surface area (Å²) in [6, 6.07) is 0. The summed E-state index contributed by atoms with van der Waals surface area (Å²) >= 11 is 0. The van der Waals surface area contributed by atoms with Crippen molar-refractivity contribution >= 4 is 29.5 Å². The summed E-state index contributed by atoms with van der Waals surface area (Å²) in [6.07, 6.45) is 16.3. The molecule has 0 rings (SSSR count). The molecule has 48 heavy (non-hydrogen) atoms. The van der Waals surface area contributed by atoms with Crippen LogP contribution in [0.4, 0.5) is 0 Å². The van der Waals surface area contributed by atoms with Gasteiger partial charge in [0.15, 0.2) is 0 Å². The highest BCUT2D eigenvalue weighted by atomic mass is 16.2. The molecule has 10 heteroatoms. The molecule has 0 saturated heterocycles. The van der Waals surface area contributed by atoms with E-state index in [1.807, 2.05) is 20.9 Å². The highest BCUT2D eigenvalue weighted by molar-refractivity contribution is 5.95. The van der Waals surface area contributed by atoms with Crippen molar-refractivity contribution in [3.63, 3.8) is 0 Å². The van der Waals surface area contributed by atoms with Crippen LogP contribution in [-0.4, -0.2) is 121 Å². The van der Waals surface area contributed by atoms with Crippen LogP contribution in [0.5, 0.6) is 0 Å². The van der Waals surface area contributed by atoms with Crippen LogP contribution >= 0.6 is 0 Å². The van der Waals surface area contributed by atoms with Gasteiger partial charge in [0, 0.05) is 89.8 Å². The zero-order valence-corrected chi connectivity index (χ0v) is 31.3. The first kappa shape index (κ1) is 44.0. The van der Waals surface area contributed by atoms with Crippen molar-refractivity contribution in [2.75, 3.05) is 67.0 Å². The Morgan fingerprint density at radius 2 is 0.917 bits per heavy atom. The third kappa shape index (κ3) is 17.3. The summed E-state index contributed by atoms with van der Waals surface area (Å²) in [5.41, 5.74) is 1.61. The smallest absolute Gasteiger partial charge is 0.249 e. The SMILES string of the molecule is C=CC(=O)N(CC)CCCN(CC)C(=O)/C=C/C=C(\C)C(=O)N(C)CCCN(C)C(=O)/C(C)=C/C=C(\C)C(=O)N(C)CCCCCCC. The van der Waals surface area contributed by atoms with Crippen LogP contribution in [0.2, 0.25) is 0 Å². The molecule has 0 unspecified atom stereocenters. The first-order valence-corrected chi connectivity index (χ1v) is 17.4. The molecular weight excluding hydrogens is 606 g/mol. The highest BCUT2D eigenvalue weighted by Crippen LogP contribution is 2.09. The molecule has 0 spiro atoms. The molecule has 0 aromatic carbocycles. The Morgan fingerprint density at radius 3 is 1.35 bits per heavy atom. The largest absolute Gasteiger partial charge is 0.342 e. The first-order chi connectivity index (χ1) is 22.7. The van der Waals surface area contributed by atoms with Crippen LogP contribution in [-0.2, 0) is 24.0 Å². The average Bonchev–Trinajstić information content (AvgIpc) is 3.08. The van der Waals surface area contributed by atoms with Crippen molar-refractivity contribution in [2.45, 2.75) is 86.5 Å². The van der Waals surface area contributed by atoms with Gasteiger partial charge in [-0.2, -0.15) is 0 Å². The van der Waals surface area contributed by atoms with E-state index in [4.69, 9.17) is 0 Å². The zero-order chi connectivity index (χ0) is 36.6. The Hall–Kier alpha value is -3.95. The van der Waals surface area contributed by atoms with Crippen molar-refractivity contribution in [3.8, 4) is 0 Å². The number of nitrogens with zero attached hydrogens (tertiary/aromatic N) is 5. The van der Waals surface area contributed by atoms with E-state index in [-0.39, 0.29) is 29.5 Å². The summed E-state index contributed by atoms with van der Waals surface area (Å²) in [4.78, 5) is 71.2. The lowest BCUT2D eigenvalue weighted by atomic mass is 10.1. The average molecular weight is 670 g/mol. The van der Waals surface area contributed by atoms with Gasteiger partial charge in [-0.1, -0.05) is 63.5 Å². The van der Waals surface area contributed by atoms with E-state index in [1.165, 1.54) is 31.4 Å². The van der Waals surface area contributed by atoms with E-state index < -0.39 is 0 Å². The molecule has 0 fully saturated rings. The molecule has 10 nitrogen and oxygen atoms in total. The third-order valence-electron chi connectivity index (χ3n) is 8.22. The van der Waals surface area contributed by atoms with Gasteiger partial charge in [-0.05, 0) is 60.0 Å². The maximum Gasteiger partial charge on any atom is 0.249 e. The van der Waals surface area contributed by atoms with E-state index in [9.17, 15) is 24.0 Å². The number of hydrogen-bond donors (Lipinski definition) is 0. The minimum atomic E-state index is -0.160. The fourth-order valence-corrected chi connectivity index (χ4v) is 4.98. The van der Waals surface area contributed by atoms with E-state index in [1.54, 1.807) is 83.7 Å². The molecule has 270 valence electrons. The predicted octanol–water partition coefficient (Wildman–Crippen LogP) is 5.39. The lowest BCUT2D eigenvalue weighted by molar-refractivity contribution is -0.128. The van der Waals surface area contributed by atoms with E-state index >= 15 is 0 Å². The van der Waals surface area contributed by atoms with Gasteiger partial charge < -0.3 is 24.5 Å². The summed E-state index contributed by atoms with van der Waals surface area (Å²) < 4.78 is 0. The monoisotopic (exact) mass is 669 g/mol. The van der Waals surface area contributed by atoms with Crippen LogP contribution in [0.15, 0.2) is 59.8 Å². The van der Waals surface area contributed by atoms with Crippen LogP contribution in [0.1, 0.15) is 86.5 Å². The van der Waals surface area contributed by atoms with Gasteiger partial charge in [0.05, 0.1) is 0 Å². The molecule has 0 atom stereocenters. The number of unbranched alkanes of at least 4 members (excludes halogenated alkanes) is 4. The zero-order valence-electron chi connectivity index (χ0n) is 31.3. The number of allylic oxidation sites excluding steroid dienone is 4. The van der Waals surface area contributed by atoms with Crippen molar-refractivity contribution < 1.29 is 24.0 Å². The Kier molecular flexibility index (Phi) is 23.1. The lowest BCUT2D eigenvalue weighted by Crippen LogP contribution is -2.35. The number of carbonyl (C=O) groups is 5. The van der Waals surface area contributed by atoms with Crippen molar-refractivity contribution in [1.82, 2.24) is 24.5 Å². The summed E-state index contributed by atoms with van der Waals surface area (Å²) in [6.45, 7) is 18.5. The van der Waals surface area contributed by atoms with E-state index in [0.29, 0.717) is 68.8 Å². The quantitative estimate of drug-likeness (QED) is 0.0825. The minimum absolute atomic E-state index is 0.0359. The second kappa shape index (κ2) is 25.1. The first-order valence-electron chi connectivity index (χ1n) is 17.4. The van der Waals surface area contributed by atoms with Crippen LogP contribution < -0.4 is 0 Å². The van der Waals surface area contributed by atoms with Crippen LogP contribution in [0.3, 0.4) is 0 Å². The number of hydrogen-bond acceptors (Lipinski definition) is 5. The number of likely N-dealkylation sites (N-methyl/N-ethyl adjacent to an activating group) is 5. The van der Waals surface area contributed by atoms with Gasteiger partial charge in [0.25, 0.3) is 0 Å². The molecule has 0 aromatic heterocycles. The van der Waals surface area contributed by atoms with E-state index in [0.717, 1.165) is 19.4 Å². The van der Waals surface area contributed by atoms with Gasteiger partial charge in [0.1, 0.15) is 0 Å². The van der Waals surface area contributed by atoms with Crippen molar-refractivity contribution in [2.24, 2.45) is 0 Å². The molecule has 0 N–H and O–H groups in total. The minimum Gasteiger partial charge on any atom is -0.342 e. The van der Waals surface area contributed by atoms with E-state index in [2.05, 4.69) is 13.5 Å². The van der Waals surface area contributed by atoms with Crippen molar-refractivity contribution in [3.05, 3.63) is 59.8 Å². The molecule has 0 bridgehead atoms. The molecule has 0 aromatic rings. The third-order valence-corrected chi connectivity index (χ3v) is 8.22. The second-order valence-corrected chi connectivity index (χ2v) is 12.2. The highest BCUT2D eigenvalue weighted by Gasteiger charge is 2.15. The summed E-state index contributed by atoms with van der Waals surface area (Å²) in [5, 5.41) is 0. The Morgan fingerprint density at radius 1 is 0.521 bits per heavy atom. The maximum absolute atomic E-state index is 12.9. The number of rotatable bonds is 23. The van der Waals surface area contributed by atoms with Gasteiger partial charge >= 0.3 is 0 Å². The Labute approximate surface area is 290 Å². The molecule has 0 aliphatic carbocycles. The molecule has 5 amide bonds. The standard InChI is InChI=1S/C38H63N5O5/c1-11-15-16-17-18-26-39(8)37(47)32(6)24-25-33(7)38(48)41(10)28-20-27-40(9)36(46)31(5)22-19-23-35(45)43(14-4)30-21-29-42(13-3)34(44)12-2/h12,19,22-25H,2,11,13-18,20-21,26-30H2,1,3-10H3/b23-19+,31-22+,32-24+,33-25+. The lowest BCUT2D eigenvalue weighted by Gasteiger charge is -2.23. The Balaban J connectivity index is 4.83. The van der Waals surface area contributed by atoms with Crippen molar-refractivity contribution in [1.29, 1.82) is 0 Å². The van der Waals surface area contributed by atoms with Gasteiger partial charge in [-0.15, -0.1) is 0 Å². The normalized spacial score (nSPS) is 12.1. The number of carbonyl (C=O) groups excluding carboxylic acids is 5. The summed E-state index contributed by atoms with van der Waals surface area (Å²) in [5.74, 6) is -0.608. The van der Waals surface area contributed by atoms with Crippen LogP contribution in [0, 0.1) is 0 Å². The second-order valence-electron chi connectivity index (χ2n) is 12.2. The van der Waals surface area contributed by atoms with Gasteiger partial charge in [-0.25, -0.2) is 0 Å². The molecule has 0 heterocycles. The maximum atomic E-state index is 12.9. The fraction of sp³-hybridized carbons (Fsp3) is 0.605. The molecule has 0 radical (unpaired) electrons. The Bertz CT molecular complexity index is 1190. The summed E-state index contributed by atoms with van der Waals surface area (Å²) in [7, 11) is 5.25. The van der Waals surface area contributed by atoms with Crippen LogP contribution in [0.25, 0.3) is 0 Å². The van der Waals surface area contributed by atoms with Gasteiger partial charge in [0.2, 0.25) is 29.5 Å². The molecule has 0 aliphatic rings. The van der Waals surface area contributed by atoms with Gasteiger partial charge in [-0.3, -0.25) is 24.0 Å². The molecular formula is C38H63N5O5. The fourth-order valence-electron chi connectivity index (χ4n) is 4.98. The molecule has 0 saturated carbocycles. The predicted molar refractivity (Wildman–Crippen MR) is 196 cm³/mol. The topological polar surface area (TPSA) is 102 Å². The molecule has 0 aliphatic heterocycles. The number of amides is 5.